The lowest BCUT2D eigenvalue weighted by molar-refractivity contribution is 0.632. The molecule has 98 valence electrons. The third-order valence-corrected chi connectivity index (χ3v) is 3.18. The highest BCUT2D eigenvalue weighted by Gasteiger charge is 2.10. The van der Waals surface area contributed by atoms with E-state index < -0.39 is 5.82 Å². The molecule has 0 aliphatic rings. The number of aryl methyl sites for hydroxylation is 1. The predicted molar refractivity (Wildman–Crippen MR) is 81.8 cm³/mol. The zero-order valence-electron chi connectivity index (χ0n) is 10.2. The Morgan fingerprint density at radius 2 is 2.05 bits per heavy atom. The number of anilines is 2. The van der Waals surface area contributed by atoms with Crippen molar-refractivity contribution >= 4 is 40.2 Å². The Labute approximate surface area is 121 Å². The third kappa shape index (κ3) is 3.03. The van der Waals surface area contributed by atoms with E-state index in [-0.39, 0.29) is 4.99 Å². The fourth-order valence-corrected chi connectivity index (χ4v) is 2.09. The smallest absolute Gasteiger partial charge is 0.148 e. The van der Waals surface area contributed by atoms with E-state index in [0.29, 0.717) is 22.0 Å². The monoisotopic (exact) mass is 294 g/mol. The maximum atomic E-state index is 13.8. The SMILES string of the molecule is Cc1cccc(C(N)=S)c1Nc1ccc(Cl)cc1F. The molecule has 0 atom stereocenters. The van der Waals surface area contributed by atoms with Gasteiger partial charge in [0.2, 0.25) is 0 Å². The second-order valence-electron chi connectivity index (χ2n) is 4.11. The maximum absolute atomic E-state index is 13.8. The molecule has 2 aromatic carbocycles. The Balaban J connectivity index is 2.46. The standard InChI is InChI=1S/C14H12ClFN2S/c1-8-3-2-4-10(14(17)19)13(8)18-12-6-5-9(15)7-11(12)16/h2-7,18H,1H3,(H2,17,19). The minimum Gasteiger partial charge on any atom is -0.389 e. The van der Waals surface area contributed by atoms with Crippen LogP contribution in [-0.2, 0) is 0 Å². The highest BCUT2D eigenvalue weighted by molar-refractivity contribution is 7.80. The van der Waals surface area contributed by atoms with Crippen molar-refractivity contribution in [3.05, 3.63) is 58.4 Å². The number of benzene rings is 2. The number of nitrogens with one attached hydrogen (secondary N) is 1. The molecule has 0 saturated heterocycles. The molecule has 3 N–H and O–H groups in total. The van der Waals surface area contributed by atoms with Crippen LogP contribution < -0.4 is 11.1 Å². The first-order chi connectivity index (χ1) is 8.99. The van der Waals surface area contributed by atoms with Crippen molar-refractivity contribution in [2.24, 2.45) is 5.73 Å². The van der Waals surface area contributed by atoms with E-state index in [1.54, 1.807) is 18.2 Å². The van der Waals surface area contributed by atoms with E-state index in [0.717, 1.165) is 5.56 Å². The van der Waals surface area contributed by atoms with Crippen molar-refractivity contribution < 1.29 is 4.39 Å². The maximum Gasteiger partial charge on any atom is 0.148 e. The molecule has 0 aromatic heterocycles. The molecule has 0 saturated carbocycles. The minimum absolute atomic E-state index is 0.264. The topological polar surface area (TPSA) is 38.0 Å². The summed E-state index contributed by atoms with van der Waals surface area (Å²) >= 11 is 10.7. The highest BCUT2D eigenvalue weighted by atomic mass is 35.5. The number of hydrogen-bond donors (Lipinski definition) is 2. The molecule has 0 fully saturated rings. The lowest BCUT2D eigenvalue weighted by Crippen LogP contribution is -2.13. The second-order valence-corrected chi connectivity index (χ2v) is 4.99. The summed E-state index contributed by atoms with van der Waals surface area (Å²) in [7, 11) is 0. The number of thiocarbonyl (C=S) groups is 1. The van der Waals surface area contributed by atoms with E-state index in [9.17, 15) is 4.39 Å². The summed E-state index contributed by atoms with van der Waals surface area (Å²) in [6.07, 6.45) is 0. The molecule has 2 nitrogen and oxygen atoms in total. The van der Waals surface area contributed by atoms with E-state index in [4.69, 9.17) is 29.6 Å². The van der Waals surface area contributed by atoms with Gasteiger partial charge in [-0.05, 0) is 36.8 Å². The average Bonchev–Trinajstić information content (AvgIpc) is 2.34. The van der Waals surface area contributed by atoms with Gasteiger partial charge in [-0.3, -0.25) is 0 Å². The molecule has 0 radical (unpaired) electrons. The summed E-state index contributed by atoms with van der Waals surface area (Å²) in [6, 6.07) is 10.00. The van der Waals surface area contributed by atoms with Crippen molar-refractivity contribution in [2.45, 2.75) is 6.92 Å². The molecular weight excluding hydrogens is 283 g/mol. The Bertz CT molecular complexity index is 643. The molecule has 0 amide bonds. The first-order valence-electron chi connectivity index (χ1n) is 5.60. The normalized spacial score (nSPS) is 10.3. The summed E-state index contributed by atoms with van der Waals surface area (Å²) < 4.78 is 13.8. The Hall–Kier alpha value is -1.65. The van der Waals surface area contributed by atoms with Gasteiger partial charge in [0.1, 0.15) is 10.8 Å². The van der Waals surface area contributed by atoms with Gasteiger partial charge in [-0.1, -0.05) is 36.0 Å². The van der Waals surface area contributed by atoms with E-state index in [2.05, 4.69) is 5.32 Å². The summed E-state index contributed by atoms with van der Waals surface area (Å²) in [5.41, 5.74) is 8.33. The third-order valence-electron chi connectivity index (χ3n) is 2.73. The van der Waals surface area contributed by atoms with Crippen molar-refractivity contribution in [3.8, 4) is 0 Å². The van der Waals surface area contributed by atoms with Crippen LogP contribution in [0.15, 0.2) is 36.4 Å². The van der Waals surface area contributed by atoms with Gasteiger partial charge >= 0.3 is 0 Å². The molecule has 0 heterocycles. The van der Waals surface area contributed by atoms with Crippen molar-refractivity contribution in [3.63, 3.8) is 0 Å². The van der Waals surface area contributed by atoms with Crippen LogP contribution in [0.4, 0.5) is 15.8 Å². The molecule has 19 heavy (non-hydrogen) atoms. The summed E-state index contributed by atoms with van der Waals surface area (Å²) in [5.74, 6) is -0.426. The van der Waals surface area contributed by atoms with Gasteiger partial charge in [0.05, 0.1) is 11.4 Å². The van der Waals surface area contributed by atoms with Gasteiger partial charge < -0.3 is 11.1 Å². The van der Waals surface area contributed by atoms with Crippen LogP contribution in [0.1, 0.15) is 11.1 Å². The predicted octanol–water partition coefficient (Wildman–Crippen LogP) is 4.17. The quantitative estimate of drug-likeness (QED) is 0.835. The van der Waals surface area contributed by atoms with Crippen LogP contribution >= 0.6 is 23.8 Å². The molecule has 2 rings (SSSR count). The lowest BCUT2D eigenvalue weighted by atomic mass is 10.1. The first kappa shape index (κ1) is 13.8. The average molecular weight is 295 g/mol. The molecule has 0 spiro atoms. The molecule has 0 bridgehead atoms. The van der Waals surface area contributed by atoms with Crippen LogP contribution in [0.25, 0.3) is 0 Å². The van der Waals surface area contributed by atoms with Crippen LogP contribution in [0.2, 0.25) is 5.02 Å². The number of halogens is 2. The Morgan fingerprint density at radius 1 is 1.32 bits per heavy atom. The number of para-hydroxylation sites is 1. The lowest BCUT2D eigenvalue weighted by Gasteiger charge is -2.14. The van der Waals surface area contributed by atoms with Crippen molar-refractivity contribution in [1.82, 2.24) is 0 Å². The zero-order chi connectivity index (χ0) is 14.0. The number of rotatable bonds is 3. The molecule has 0 aliphatic carbocycles. The molecular formula is C14H12ClFN2S. The fraction of sp³-hybridized carbons (Fsp3) is 0.0714. The summed E-state index contributed by atoms with van der Waals surface area (Å²) in [5, 5.41) is 3.37. The molecule has 0 unspecified atom stereocenters. The van der Waals surface area contributed by atoms with Crippen LogP contribution in [0.5, 0.6) is 0 Å². The zero-order valence-corrected chi connectivity index (χ0v) is 11.8. The Morgan fingerprint density at radius 3 is 2.68 bits per heavy atom. The van der Waals surface area contributed by atoms with E-state index >= 15 is 0 Å². The fourth-order valence-electron chi connectivity index (χ4n) is 1.76. The number of nitrogens with two attached hydrogens (primary N) is 1. The largest absolute Gasteiger partial charge is 0.389 e. The highest BCUT2D eigenvalue weighted by Crippen LogP contribution is 2.27. The number of hydrogen-bond acceptors (Lipinski definition) is 2. The van der Waals surface area contributed by atoms with E-state index in [1.807, 2.05) is 19.1 Å². The van der Waals surface area contributed by atoms with Crippen LogP contribution in [0, 0.1) is 12.7 Å². The van der Waals surface area contributed by atoms with Crippen LogP contribution in [0.3, 0.4) is 0 Å². The van der Waals surface area contributed by atoms with E-state index in [1.165, 1.54) is 6.07 Å². The van der Waals surface area contributed by atoms with Gasteiger partial charge in [-0.25, -0.2) is 4.39 Å². The molecule has 2 aromatic rings. The van der Waals surface area contributed by atoms with Gasteiger partial charge in [0, 0.05) is 10.6 Å². The van der Waals surface area contributed by atoms with Crippen molar-refractivity contribution in [1.29, 1.82) is 0 Å². The van der Waals surface area contributed by atoms with Crippen LogP contribution in [-0.4, -0.2) is 4.99 Å². The van der Waals surface area contributed by atoms with Gasteiger partial charge in [0.15, 0.2) is 0 Å². The minimum atomic E-state index is -0.426. The summed E-state index contributed by atoms with van der Waals surface area (Å²) in [6.45, 7) is 1.90. The van der Waals surface area contributed by atoms with Gasteiger partial charge in [0.25, 0.3) is 0 Å². The van der Waals surface area contributed by atoms with Gasteiger partial charge in [-0.2, -0.15) is 0 Å². The van der Waals surface area contributed by atoms with Crippen molar-refractivity contribution in [2.75, 3.05) is 5.32 Å². The molecule has 0 aliphatic heterocycles. The summed E-state index contributed by atoms with van der Waals surface area (Å²) in [4.78, 5) is 0.264. The molecule has 5 heteroatoms. The van der Waals surface area contributed by atoms with Gasteiger partial charge in [-0.15, -0.1) is 0 Å². The first-order valence-corrected chi connectivity index (χ1v) is 6.39. The second kappa shape index (κ2) is 5.55. The Kier molecular flexibility index (Phi) is 4.02.